The predicted octanol–water partition coefficient (Wildman–Crippen LogP) is 2.46. The van der Waals surface area contributed by atoms with Gasteiger partial charge in [0.15, 0.2) is 9.75 Å². The van der Waals surface area contributed by atoms with E-state index in [2.05, 4.69) is 4.74 Å². The monoisotopic (exact) mass is 520 g/mol. The number of imide groups is 4. The highest BCUT2D eigenvalue weighted by atomic mass is 35.5. The molecule has 0 radical (unpaired) electrons. The number of phenols is 1. The average Bonchev–Trinajstić information content (AvgIpc) is 3.16. The minimum absolute atomic E-state index is 0.109. The number of rotatable bonds is 1. The minimum Gasteiger partial charge on any atom is -0.507 e. The molecule has 6 atom stereocenters. The summed E-state index contributed by atoms with van der Waals surface area (Å²) in [5.74, 6) is -6.67. The average molecular weight is 521 g/mol. The van der Waals surface area contributed by atoms with E-state index in [0.717, 1.165) is 12.0 Å². The van der Waals surface area contributed by atoms with Crippen LogP contribution in [0.1, 0.15) is 29.9 Å². The molecular formula is C24H22Cl2N2O7. The van der Waals surface area contributed by atoms with Gasteiger partial charge in [-0.05, 0) is 31.2 Å². The van der Waals surface area contributed by atoms with Gasteiger partial charge in [-0.15, -0.1) is 23.2 Å². The fraction of sp³-hybridized carbons (Fsp3) is 0.458. The molecule has 5 rings (SSSR count). The smallest absolute Gasteiger partial charge is 0.423 e. The maximum Gasteiger partial charge on any atom is 0.423 e. The first-order valence-electron chi connectivity index (χ1n) is 11.1. The number of para-hydroxylation sites is 1. The number of carbonyl (C=O) groups excluding carboxylic acids is 5. The number of hydrogen-bond donors (Lipinski definition) is 1. The van der Waals surface area contributed by atoms with Crippen LogP contribution in [0.4, 0.5) is 4.79 Å². The van der Waals surface area contributed by atoms with Crippen molar-refractivity contribution < 1.29 is 33.8 Å². The van der Waals surface area contributed by atoms with Crippen molar-refractivity contribution in [2.24, 2.45) is 17.8 Å². The Morgan fingerprint density at radius 2 is 1.80 bits per heavy atom. The number of likely N-dealkylation sites (tertiary alicyclic amines) is 2. The van der Waals surface area contributed by atoms with Gasteiger partial charge in [-0.25, -0.2) is 4.79 Å². The van der Waals surface area contributed by atoms with Crippen LogP contribution in [0.15, 0.2) is 29.8 Å². The number of ether oxygens (including phenoxy) is 1. The van der Waals surface area contributed by atoms with E-state index in [-0.39, 0.29) is 24.2 Å². The molecule has 0 bridgehead atoms. The Hall–Kier alpha value is -2.91. The van der Waals surface area contributed by atoms with Gasteiger partial charge in [-0.2, -0.15) is 4.90 Å². The van der Waals surface area contributed by atoms with Gasteiger partial charge in [0.2, 0.25) is 11.8 Å². The third-order valence-corrected chi connectivity index (χ3v) is 9.36. The summed E-state index contributed by atoms with van der Waals surface area (Å²) in [6.07, 6.45) is 0.550. The lowest BCUT2D eigenvalue weighted by molar-refractivity contribution is -0.139. The number of hydrogen-bond acceptors (Lipinski definition) is 7. The molecule has 4 aliphatic rings. The number of amides is 5. The van der Waals surface area contributed by atoms with Crippen LogP contribution >= 0.6 is 23.2 Å². The van der Waals surface area contributed by atoms with E-state index in [1.54, 1.807) is 31.2 Å². The van der Waals surface area contributed by atoms with Crippen molar-refractivity contribution in [1.82, 2.24) is 9.80 Å². The Bertz CT molecular complexity index is 1260. The van der Waals surface area contributed by atoms with Gasteiger partial charge in [-0.1, -0.05) is 29.8 Å². The van der Waals surface area contributed by atoms with Crippen molar-refractivity contribution in [3.63, 3.8) is 0 Å². The Morgan fingerprint density at radius 3 is 2.46 bits per heavy atom. The summed E-state index contributed by atoms with van der Waals surface area (Å²) < 4.78 is 4.63. The summed E-state index contributed by atoms with van der Waals surface area (Å²) >= 11 is 14.0. The van der Waals surface area contributed by atoms with E-state index in [9.17, 15) is 29.1 Å². The molecule has 6 unspecified atom stereocenters. The first-order chi connectivity index (χ1) is 16.4. The standard InChI is InChI=1S/C24H22Cl2N2O7/c1-10-5-4-6-13(17(10)29)16-11-7-8-12-15(19(31)28(18(12)30)22(34)35-3)14(11)9-23(25)20(32)27(2)21(33)24(16,23)26/h4-7,12,14-16,29H,8-9H2,1-3H3. The lowest BCUT2D eigenvalue weighted by Crippen LogP contribution is -2.60. The highest BCUT2D eigenvalue weighted by Gasteiger charge is 2.76. The maximum atomic E-state index is 13.4. The fourth-order valence-corrected chi connectivity index (χ4v) is 7.29. The molecule has 11 heteroatoms. The Kier molecular flexibility index (Phi) is 5.13. The topological polar surface area (TPSA) is 121 Å². The molecule has 2 aliphatic carbocycles. The molecular weight excluding hydrogens is 499 g/mol. The quantitative estimate of drug-likeness (QED) is 0.342. The second-order valence-corrected chi connectivity index (χ2v) is 10.7. The SMILES string of the molecule is COC(=O)N1C(=O)C2CC=C3C(CC4(Cl)C(=O)N(C)C(=O)C4(Cl)C3c3cccc(C)c3O)C2C1=O. The second kappa shape index (κ2) is 7.54. The lowest BCUT2D eigenvalue weighted by atomic mass is 9.56. The highest BCUT2D eigenvalue weighted by Crippen LogP contribution is 2.66. The molecule has 2 aliphatic heterocycles. The van der Waals surface area contributed by atoms with E-state index in [4.69, 9.17) is 23.2 Å². The highest BCUT2D eigenvalue weighted by molar-refractivity contribution is 6.53. The van der Waals surface area contributed by atoms with Crippen molar-refractivity contribution in [1.29, 1.82) is 0 Å². The Labute approximate surface area is 210 Å². The number of benzene rings is 1. The van der Waals surface area contributed by atoms with Gasteiger partial charge in [0.1, 0.15) is 5.75 Å². The van der Waals surface area contributed by atoms with Crippen molar-refractivity contribution in [3.8, 4) is 5.75 Å². The molecule has 3 fully saturated rings. The number of fused-ring (bicyclic) bond motifs is 4. The van der Waals surface area contributed by atoms with Gasteiger partial charge < -0.3 is 9.84 Å². The molecule has 5 amide bonds. The van der Waals surface area contributed by atoms with Crippen LogP contribution in [0.2, 0.25) is 0 Å². The molecule has 1 N–H and O–H groups in total. The first kappa shape index (κ1) is 23.8. The summed E-state index contributed by atoms with van der Waals surface area (Å²) in [7, 11) is 2.36. The van der Waals surface area contributed by atoms with Crippen molar-refractivity contribution in [3.05, 3.63) is 41.0 Å². The van der Waals surface area contributed by atoms with Crippen LogP contribution in [0.25, 0.3) is 0 Å². The summed E-state index contributed by atoms with van der Waals surface area (Å²) in [4.78, 5) is 62.7. The van der Waals surface area contributed by atoms with Crippen LogP contribution in [0.3, 0.4) is 0 Å². The van der Waals surface area contributed by atoms with E-state index in [1.165, 1.54) is 7.05 Å². The number of halogens is 2. The predicted molar refractivity (Wildman–Crippen MR) is 123 cm³/mol. The molecule has 9 nitrogen and oxygen atoms in total. The summed E-state index contributed by atoms with van der Waals surface area (Å²) in [6, 6.07) is 4.97. The Morgan fingerprint density at radius 1 is 1.11 bits per heavy atom. The summed E-state index contributed by atoms with van der Waals surface area (Å²) in [5.41, 5.74) is 1.34. The maximum absolute atomic E-state index is 13.4. The van der Waals surface area contributed by atoms with E-state index >= 15 is 0 Å². The van der Waals surface area contributed by atoms with Gasteiger partial charge >= 0.3 is 6.09 Å². The summed E-state index contributed by atoms with van der Waals surface area (Å²) in [6.45, 7) is 1.68. The molecule has 0 aromatic heterocycles. The zero-order chi connectivity index (χ0) is 25.6. The van der Waals surface area contributed by atoms with Crippen LogP contribution in [0, 0.1) is 24.7 Å². The van der Waals surface area contributed by atoms with Gasteiger partial charge in [-0.3, -0.25) is 24.1 Å². The number of aryl methyl sites for hydroxylation is 1. The van der Waals surface area contributed by atoms with E-state index in [1.807, 2.05) is 0 Å². The van der Waals surface area contributed by atoms with Crippen LogP contribution in [0.5, 0.6) is 5.75 Å². The minimum atomic E-state index is -1.98. The third kappa shape index (κ3) is 2.73. The number of alkyl halides is 2. The zero-order valence-electron chi connectivity index (χ0n) is 19.1. The first-order valence-corrected chi connectivity index (χ1v) is 11.8. The number of carbonyl (C=O) groups is 5. The molecule has 2 saturated heterocycles. The molecule has 1 aromatic carbocycles. The molecule has 1 saturated carbocycles. The molecule has 184 valence electrons. The molecule has 2 heterocycles. The largest absolute Gasteiger partial charge is 0.507 e. The van der Waals surface area contributed by atoms with Crippen molar-refractivity contribution in [2.75, 3.05) is 14.2 Å². The van der Waals surface area contributed by atoms with Gasteiger partial charge in [0, 0.05) is 18.5 Å². The molecule has 0 spiro atoms. The lowest BCUT2D eigenvalue weighted by Gasteiger charge is -2.50. The third-order valence-electron chi connectivity index (χ3n) is 7.95. The van der Waals surface area contributed by atoms with Crippen molar-refractivity contribution >= 4 is 52.9 Å². The van der Waals surface area contributed by atoms with Crippen LogP contribution in [-0.2, 0) is 23.9 Å². The number of methoxy groups -OCH3 is 1. The number of phenolic OH excluding ortho intramolecular Hbond substituents is 1. The second-order valence-electron chi connectivity index (χ2n) is 9.49. The van der Waals surface area contributed by atoms with Crippen LogP contribution < -0.4 is 0 Å². The number of nitrogens with zero attached hydrogens (tertiary/aromatic N) is 2. The van der Waals surface area contributed by atoms with Gasteiger partial charge in [0.05, 0.1) is 18.9 Å². The van der Waals surface area contributed by atoms with Crippen molar-refractivity contribution in [2.45, 2.75) is 35.4 Å². The van der Waals surface area contributed by atoms with Gasteiger partial charge in [0.25, 0.3) is 11.8 Å². The molecule has 1 aromatic rings. The molecule has 35 heavy (non-hydrogen) atoms. The van der Waals surface area contributed by atoms with E-state index in [0.29, 0.717) is 16.0 Å². The number of allylic oxidation sites excluding steroid dienone is 2. The van der Waals surface area contributed by atoms with E-state index < -0.39 is 63.1 Å². The fourth-order valence-electron chi connectivity index (χ4n) is 6.28. The summed E-state index contributed by atoms with van der Waals surface area (Å²) in [5, 5.41) is 11.0. The Balaban J connectivity index is 1.74. The number of aromatic hydroxyl groups is 1. The normalized spacial score (nSPS) is 36.1. The zero-order valence-corrected chi connectivity index (χ0v) is 20.6. The van der Waals surface area contributed by atoms with Crippen LogP contribution in [-0.4, -0.2) is 68.5 Å².